The molecule has 6 nitrogen and oxygen atoms in total. The van der Waals surface area contributed by atoms with Gasteiger partial charge in [0.15, 0.2) is 0 Å². The molecule has 1 saturated heterocycles. The van der Waals surface area contributed by atoms with Crippen molar-refractivity contribution in [3.8, 4) is 0 Å². The minimum Gasteiger partial charge on any atom is -0.380 e. The average Bonchev–Trinajstić information content (AvgIpc) is 2.90. The minimum absolute atomic E-state index is 0.0168. The quantitative estimate of drug-likeness (QED) is 0.911. The van der Waals surface area contributed by atoms with Gasteiger partial charge in [-0.3, -0.25) is 4.79 Å². The Morgan fingerprint density at radius 2 is 2.14 bits per heavy atom. The fourth-order valence-electron chi connectivity index (χ4n) is 2.97. The van der Waals surface area contributed by atoms with Crippen molar-refractivity contribution in [2.75, 3.05) is 25.5 Å². The summed E-state index contributed by atoms with van der Waals surface area (Å²) < 4.78 is 32.1. The van der Waals surface area contributed by atoms with Crippen molar-refractivity contribution in [2.45, 2.75) is 36.7 Å². The first-order valence-corrected chi connectivity index (χ1v) is 8.90. The Hall–Kier alpha value is -1.44. The van der Waals surface area contributed by atoms with Gasteiger partial charge in [-0.25, -0.2) is 8.42 Å². The third kappa shape index (κ3) is 2.88. The van der Waals surface area contributed by atoms with E-state index in [2.05, 4.69) is 5.32 Å². The number of anilines is 1. The van der Waals surface area contributed by atoms with Gasteiger partial charge >= 0.3 is 0 Å². The number of rotatable bonds is 3. The molecular weight excluding hydrogens is 304 g/mol. The number of hydrogen-bond acceptors (Lipinski definition) is 4. The van der Waals surface area contributed by atoms with Gasteiger partial charge in [-0.05, 0) is 43.0 Å². The van der Waals surface area contributed by atoms with Crippen LogP contribution in [-0.4, -0.2) is 44.9 Å². The molecule has 7 heteroatoms. The number of hydrogen-bond donors (Lipinski definition) is 1. The molecule has 1 amide bonds. The van der Waals surface area contributed by atoms with Gasteiger partial charge in [-0.15, -0.1) is 0 Å². The van der Waals surface area contributed by atoms with Gasteiger partial charge in [0, 0.05) is 32.3 Å². The monoisotopic (exact) mass is 324 g/mol. The van der Waals surface area contributed by atoms with Gasteiger partial charge in [-0.2, -0.15) is 4.31 Å². The van der Waals surface area contributed by atoms with Crippen LogP contribution in [0.3, 0.4) is 0 Å². The molecule has 0 aromatic heterocycles. The SMILES string of the molecule is CO[C@H]1CCN(S(=O)(=O)c2ccc3c(c2)CCCC(=O)N3)C1. The fourth-order valence-corrected chi connectivity index (χ4v) is 4.51. The third-order valence-corrected chi connectivity index (χ3v) is 6.14. The first kappa shape index (κ1) is 15.5. The molecule has 1 N–H and O–H groups in total. The third-order valence-electron chi connectivity index (χ3n) is 4.28. The van der Waals surface area contributed by atoms with E-state index in [9.17, 15) is 13.2 Å². The van der Waals surface area contributed by atoms with Crippen molar-refractivity contribution in [1.82, 2.24) is 4.31 Å². The minimum atomic E-state index is -3.50. The van der Waals surface area contributed by atoms with Crippen LogP contribution in [-0.2, 0) is 26.0 Å². The molecule has 2 aliphatic rings. The summed E-state index contributed by atoms with van der Waals surface area (Å²) in [5.41, 5.74) is 1.60. The number of benzene rings is 1. The van der Waals surface area contributed by atoms with Crippen LogP contribution in [0, 0.1) is 0 Å². The van der Waals surface area contributed by atoms with E-state index in [-0.39, 0.29) is 12.0 Å². The van der Waals surface area contributed by atoms with E-state index in [1.807, 2.05) is 0 Å². The van der Waals surface area contributed by atoms with Crippen molar-refractivity contribution in [3.05, 3.63) is 23.8 Å². The number of methoxy groups -OCH3 is 1. The molecule has 0 radical (unpaired) electrons. The van der Waals surface area contributed by atoms with Crippen molar-refractivity contribution in [1.29, 1.82) is 0 Å². The second-order valence-electron chi connectivity index (χ2n) is 5.73. The smallest absolute Gasteiger partial charge is 0.243 e. The molecule has 1 atom stereocenters. The Balaban J connectivity index is 1.89. The number of amides is 1. The zero-order chi connectivity index (χ0) is 15.7. The maximum absolute atomic E-state index is 12.7. The fraction of sp³-hybridized carbons (Fsp3) is 0.533. The second-order valence-corrected chi connectivity index (χ2v) is 7.67. The summed E-state index contributed by atoms with van der Waals surface area (Å²) in [6.07, 6.45) is 2.60. The van der Waals surface area contributed by atoms with Gasteiger partial charge in [0.05, 0.1) is 11.0 Å². The number of nitrogens with one attached hydrogen (secondary N) is 1. The lowest BCUT2D eigenvalue weighted by Gasteiger charge is -2.17. The van der Waals surface area contributed by atoms with Crippen molar-refractivity contribution in [2.24, 2.45) is 0 Å². The molecule has 0 unspecified atom stereocenters. The maximum atomic E-state index is 12.7. The number of sulfonamides is 1. The maximum Gasteiger partial charge on any atom is 0.243 e. The molecule has 22 heavy (non-hydrogen) atoms. The molecule has 3 rings (SSSR count). The van der Waals surface area contributed by atoms with E-state index in [1.54, 1.807) is 25.3 Å². The van der Waals surface area contributed by atoms with Gasteiger partial charge < -0.3 is 10.1 Å². The number of nitrogens with zero attached hydrogens (tertiary/aromatic N) is 1. The van der Waals surface area contributed by atoms with E-state index >= 15 is 0 Å². The highest BCUT2D eigenvalue weighted by Gasteiger charge is 2.33. The molecule has 2 aliphatic heterocycles. The summed E-state index contributed by atoms with van der Waals surface area (Å²) in [6.45, 7) is 0.876. The Morgan fingerprint density at radius 3 is 2.86 bits per heavy atom. The van der Waals surface area contributed by atoms with Crippen LogP contribution in [0.1, 0.15) is 24.8 Å². The zero-order valence-electron chi connectivity index (χ0n) is 12.5. The Kier molecular flexibility index (Phi) is 4.20. The van der Waals surface area contributed by atoms with Crippen molar-refractivity contribution < 1.29 is 17.9 Å². The Labute approximate surface area is 130 Å². The van der Waals surface area contributed by atoms with Crippen LogP contribution >= 0.6 is 0 Å². The first-order chi connectivity index (χ1) is 10.5. The van der Waals surface area contributed by atoms with E-state index in [4.69, 9.17) is 4.74 Å². The lowest BCUT2D eigenvalue weighted by molar-refractivity contribution is -0.116. The van der Waals surface area contributed by atoms with Gasteiger partial charge in [-0.1, -0.05) is 0 Å². The van der Waals surface area contributed by atoms with Crippen LogP contribution in [0.4, 0.5) is 5.69 Å². The summed E-state index contributed by atoms with van der Waals surface area (Å²) in [5, 5.41) is 2.82. The van der Waals surface area contributed by atoms with Crippen LogP contribution < -0.4 is 5.32 Å². The van der Waals surface area contributed by atoms with Gasteiger partial charge in [0.2, 0.25) is 15.9 Å². The largest absolute Gasteiger partial charge is 0.380 e. The summed E-state index contributed by atoms with van der Waals surface area (Å²) in [7, 11) is -1.90. The number of fused-ring (bicyclic) bond motifs is 1. The Morgan fingerprint density at radius 1 is 1.32 bits per heavy atom. The highest BCUT2D eigenvalue weighted by atomic mass is 32.2. The molecule has 1 aromatic rings. The van der Waals surface area contributed by atoms with Crippen LogP contribution in [0.25, 0.3) is 0 Å². The topological polar surface area (TPSA) is 75.7 Å². The standard InChI is InChI=1S/C15H20N2O4S/c1-21-12-7-8-17(10-12)22(19,20)13-5-6-14-11(9-13)3-2-4-15(18)16-14/h5-6,9,12H,2-4,7-8,10H2,1H3,(H,16,18)/t12-/m0/s1. The van der Waals surface area contributed by atoms with Crippen LogP contribution in [0.2, 0.25) is 0 Å². The highest BCUT2D eigenvalue weighted by Crippen LogP contribution is 2.28. The normalized spacial score (nSPS) is 23.0. The molecule has 1 fully saturated rings. The van der Waals surface area contributed by atoms with E-state index in [0.717, 1.165) is 24.1 Å². The molecule has 0 aliphatic carbocycles. The van der Waals surface area contributed by atoms with Crippen LogP contribution in [0.5, 0.6) is 0 Å². The van der Waals surface area contributed by atoms with Gasteiger partial charge in [0.1, 0.15) is 0 Å². The first-order valence-electron chi connectivity index (χ1n) is 7.46. The van der Waals surface area contributed by atoms with E-state index < -0.39 is 10.0 Å². The predicted octanol–water partition coefficient (Wildman–Crippen LogP) is 1.37. The molecule has 0 bridgehead atoms. The molecular formula is C15H20N2O4S. The number of carbonyl (C=O) groups excluding carboxylic acids is 1. The average molecular weight is 324 g/mol. The molecule has 0 saturated carbocycles. The molecule has 0 spiro atoms. The predicted molar refractivity (Wildman–Crippen MR) is 82.2 cm³/mol. The molecule has 120 valence electrons. The highest BCUT2D eigenvalue weighted by molar-refractivity contribution is 7.89. The number of aryl methyl sites for hydroxylation is 1. The number of ether oxygens (including phenoxy) is 1. The zero-order valence-corrected chi connectivity index (χ0v) is 13.4. The summed E-state index contributed by atoms with van der Waals surface area (Å²) in [5.74, 6) is -0.0168. The lowest BCUT2D eigenvalue weighted by atomic mass is 10.1. The molecule has 1 aromatic carbocycles. The Bertz CT molecular complexity index is 687. The summed E-state index contributed by atoms with van der Waals surface area (Å²) in [4.78, 5) is 11.8. The van der Waals surface area contributed by atoms with Crippen LogP contribution in [0.15, 0.2) is 23.1 Å². The van der Waals surface area contributed by atoms with Crippen molar-refractivity contribution >= 4 is 21.6 Å². The van der Waals surface area contributed by atoms with Gasteiger partial charge in [0.25, 0.3) is 0 Å². The number of carbonyl (C=O) groups is 1. The van der Waals surface area contributed by atoms with Crippen molar-refractivity contribution in [3.63, 3.8) is 0 Å². The summed E-state index contributed by atoms with van der Waals surface area (Å²) >= 11 is 0. The second kappa shape index (κ2) is 5.98. The summed E-state index contributed by atoms with van der Waals surface area (Å²) in [6, 6.07) is 4.95. The van der Waals surface area contributed by atoms with E-state index in [0.29, 0.717) is 30.8 Å². The van der Waals surface area contributed by atoms with E-state index in [1.165, 1.54) is 4.31 Å². The lowest BCUT2D eigenvalue weighted by Crippen LogP contribution is -2.30. The molecule has 2 heterocycles.